The monoisotopic (exact) mass is 444 g/mol. The molecule has 2 aliphatic rings. The zero-order chi connectivity index (χ0) is 21.8. The fraction of sp³-hybridized carbons (Fsp3) is 0.478. The van der Waals surface area contributed by atoms with Crippen molar-refractivity contribution in [2.24, 2.45) is 4.99 Å². The number of benzene rings is 1. The van der Waals surface area contributed by atoms with E-state index in [4.69, 9.17) is 16.7 Å². The number of β-amino-alcohol motifs (C(OH)–C–C–N with tert-alkyl or cyclic N) is 1. The molecular weight excluding hydrogens is 416 g/mol. The van der Waals surface area contributed by atoms with E-state index >= 15 is 0 Å². The summed E-state index contributed by atoms with van der Waals surface area (Å²) in [6.07, 6.45) is 4.16. The molecule has 2 heterocycles. The second-order valence-corrected chi connectivity index (χ2v) is 8.64. The van der Waals surface area contributed by atoms with Gasteiger partial charge in [-0.25, -0.2) is 0 Å². The molecule has 3 N–H and O–H groups in total. The van der Waals surface area contributed by atoms with Crippen LogP contribution in [0, 0.1) is 0 Å². The van der Waals surface area contributed by atoms with Gasteiger partial charge in [0.2, 0.25) is 0 Å². The maximum absolute atomic E-state index is 12.7. The van der Waals surface area contributed by atoms with Crippen molar-refractivity contribution in [3.8, 4) is 0 Å². The highest BCUT2D eigenvalue weighted by atomic mass is 35.5. The molecule has 166 valence electrons. The Morgan fingerprint density at radius 1 is 1.16 bits per heavy atom. The van der Waals surface area contributed by atoms with Crippen LogP contribution in [0.1, 0.15) is 24.3 Å². The molecule has 1 aromatic heterocycles. The first-order valence-corrected chi connectivity index (χ1v) is 11.2. The number of aliphatic hydroxyl groups excluding tert-OH is 2. The fourth-order valence-corrected chi connectivity index (χ4v) is 4.78. The lowest BCUT2D eigenvalue weighted by molar-refractivity contribution is -0.116. The van der Waals surface area contributed by atoms with Crippen molar-refractivity contribution in [2.75, 3.05) is 52.4 Å². The molecule has 0 radical (unpaired) electrons. The second-order valence-electron chi connectivity index (χ2n) is 8.24. The quantitative estimate of drug-likeness (QED) is 0.571. The number of H-pyrrole nitrogens is 1. The molecule has 0 spiro atoms. The number of rotatable bonds is 7. The molecule has 0 saturated carbocycles. The summed E-state index contributed by atoms with van der Waals surface area (Å²) >= 11 is 6.38. The van der Waals surface area contributed by atoms with E-state index in [2.05, 4.69) is 19.8 Å². The van der Waals surface area contributed by atoms with Crippen LogP contribution in [0.15, 0.2) is 40.7 Å². The van der Waals surface area contributed by atoms with E-state index in [0.29, 0.717) is 30.0 Å². The topological polar surface area (TPSA) is 92.2 Å². The van der Waals surface area contributed by atoms with Gasteiger partial charge in [-0.15, -0.1) is 0 Å². The molecule has 4 rings (SSSR count). The molecule has 1 aliphatic heterocycles. The van der Waals surface area contributed by atoms with Gasteiger partial charge < -0.3 is 15.2 Å². The molecule has 31 heavy (non-hydrogen) atoms. The van der Waals surface area contributed by atoms with E-state index in [1.54, 1.807) is 0 Å². The van der Waals surface area contributed by atoms with Gasteiger partial charge in [0, 0.05) is 81.3 Å². The van der Waals surface area contributed by atoms with Crippen molar-refractivity contribution in [3.05, 3.63) is 46.3 Å². The first-order valence-electron chi connectivity index (χ1n) is 10.8. The molecular formula is C23H29ClN4O3. The van der Waals surface area contributed by atoms with Crippen LogP contribution in [0.5, 0.6) is 0 Å². The Morgan fingerprint density at radius 3 is 2.61 bits per heavy atom. The van der Waals surface area contributed by atoms with Crippen LogP contribution < -0.4 is 0 Å². The summed E-state index contributed by atoms with van der Waals surface area (Å²) in [5.74, 6) is -0.0888. The van der Waals surface area contributed by atoms with Crippen LogP contribution in [0.25, 0.3) is 10.9 Å². The first kappa shape index (κ1) is 22.0. The van der Waals surface area contributed by atoms with Gasteiger partial charge in [-0.2, -0.15) is 0 Å². The number of carbonyl (C=O) groups is 1. The highest BCUT2D eigenvalue weighted by molar-refractivity contribution is 6.35. The lowest BCUT2D eigenvalue weighted by Crippen LogP contribution is -2.47. The number of Topliss-reactive ketones (excluding diaryl/α,β-unsaturated/α-hetero) is 1. The third-order valence-electron chi connectivity index (χ3n) is 6.25. The van der Waals surface area contributed by atoms with Crippen molar-refractivity contribution in [3.63, 3.8) is 0 Å². The average Bonchev–Trinajstić information content (AvgIpc) is 3.19. The van der Waals surface area contributed by atoms with Crippen LogP contribution in [0.2, 0.25) is 5.02 Å². The zero-order valence-corrected chi connectivity index (χ0v) is 18.3. The number of aromatic nitrogens is 1. The summed E-state index contributed by atoms with van der Waals surface area (Å²) < 4.78 is 0. The lowest BCUT2D eigenvalue weighted by Gasteiger charge is -2.33. The molecule has 2 aromatic rings. The third-order valence-corrected chi connectivity index (χ3v) is 6.57. The Labute approximate surface area is 187 Å². The van der Waals surface area contributed by atoms with Crippen LogP contribution in [-0.4, -0.2) is 89.4 Å². The molecule has 1 saturated heterocycles. The summed E-state index contributed by atoms with van der Waals surface area (Å²) in [6.45, 7) is 6.16. The standard InChI is InChI=1S/C23H29ClN4O3/c24-19-2-1-3-20-23(19)17(15-26-20)16-12-21(30)18(22(31)13-16)14-25-4-5-27-6-8-28(9-7-27)10-11-29/h1-3,14-16,26,29-30H,4-13H2. The molecule has 0 bridgehead atoms. The van der Waals surface area contributed by atoms with Gasteiger partial charge in [0.15, 0.2) is 5.78 Å². The van der Waals surface area contributed by atoms with E-state index in [1.807, 2.05) is 24.4 Å². The maximum Gasteiger partial charge on any atom is 0.168 e. The van der Waals surface area contributed by atoms with E-state index in [1.165, 1.54) is 6.21 Å². The van der Waals surface area contributed by atoms with E-state index in [0.717, 1.165) is 55.7 Å². The third kappa shape index (κ3) is 5.01. The Balaban J connectivity index is 1.35. The number of hydrogen-bond acceptors (Lipinski definition) is 6. The summed E-state index contributed by atoms with van der Waals surface area (Å²) in [5.41, 5.74) is 2.23. The number of fused-ring (bicyclic) bond motifs is 1. The maximum atomic E-state index is 12.7. The molecule has 8 heteroatoms. The minimum atomic E-state index is -0.103. The number of aliphatic imine (C=N–C) groups is 1. The van der Waals surface area contributed by atoms with Crippen molar-refractivity contribution < 1.29 is 15.0 Å². The Kier molecular flexibility index (Phi) is 7.07. The molecule has 1 aromatic carbocycles. The lowest BCUT2D eigenvalue weighted by atomic mass is 9.83. The van der Waals surface area contributed by atoms with Gasteiger partial charge in [0.1, 0.15) is 5.76 Å². The van der Waals surface area contributed by atoms with E-state index in [9.17, 15) is 9.90 Å². The predicted molar refractivity (Wildman–Crippen MR) is 123 cm³/mol. The van der Waals surface area contributed by atoms with Crippen molar-refractivity contribution in [1.82, 2.24) is 14.8 Å². The number of halogens is 1. The number of nitrogens with one attached hydrogen (secondary N) is 1. The van der Waals surface area contributed by atoms with Gasteiger partial charge in [0.05, 0.1) is 23.7 Å². The number of nitrogens with zero attached hydrogens (tertiary/aromatic N) is 3. The number of ketones is 1. The number of aliphatic hydroxyl groups is 2. The van der Waals surface area contributed by atoms with Crippen molar-refractivity contribution >= 4 is 34.5 Å². The summed E-state index contributed by atoms with van der Waals surface area (Å²) in [5, 5.41) is 21.2. The number of allylic oxidation sites excluding steroid dienone is 2. The van der Waals surface area contributed by atoms with Crippen LogP contribution in [0.3, 0.4) is 0 Å². The molecule has 1 unspecified atom stereocenters. The van der Waals surface area contributed by atoms with E-state index < -0.39 is 0 Å². The van der Waals surface area contributed by atoms with Crippen LogP contribution >= 0.6 is 11.6 Å². The predicted octanol–water partition coefficient (Wildman–Crippen LogP) is 2.76. The molecule has 1 aliphatic carbocycles. The van der Waals surface area contributed by atoms with Gasteiger partial charge in [-0.05, 0) is 17.7 Å². The van der Waals surface area contributed by atoms with Crippen molar-refractivity contribution in [2.45, 2.75) is 18.8 Å². The van der Waals surface area contributed by atoms with Crippen LogP contribution in [0.4, 0.5) is 0 Å². The van der Waals surface area contributed by atoms with Crippen molar-refractivity contribution in [1.29, 1.82) is 0 Å². The average molecular weight is 445 g/mol. The first-order chi connectivity index (χ1) is 15.1. The molecule has 0 amide bonds. The highest BCUT2D eigenvalue weighted by Gasteiger charge is 2.29. The molecule has 1 atom stereocenters. The number of carbonyl (C=O) groups excluding carboxylic acids is 1. The highest BCUT2D eigenvalue weighted by Crippen LogP contribution is 2.39. The second kappa shape index (κ2) is 9.96. The molecule has 1 fully saturated rings. The Hall–Kier alpha value is -2.19. The van der Waals surface area contributed by atoms with Gasteiger partial charge in [0.25, 0.3) is 0 Å². The Bertz CT molecular complexity index is 992. The van der Waals surface area contributed by atoms with Crippen LogP contribution in [-0.2, 0) is 4.79 Å². The number of piperazine rings is 1. The summed E-state index contributed by atoms with van der Waals surface area (Å²) in [6, 6.07) is 5.68. The minimum Gasteiger partial charge on any atom is -0.511 e. The van der Waals surface area contributed by atoms with Gasteiger partial charge in [-0.1, -0.05) is 17.7 Å². The zero-order valence-electron chi connectivity index (χ0n) is 17.6. The SMILES string of the molecule is O=C1CC(c2c[nH]c3cccc(Cl)c23)CC(O)=C1C=NCCN1CCN(CCO)CC1. The largest absolute Gasteiger partial charge is 0.511 e. The summed E-state index contributed by atoms with van der Waals surface area (Å²) in [4.78, 5) is 24.9. The smallest absolute Gasteiger partial charge is 0.168 e. The summed E-state index contributed by atoms with van der Waals surface area (Å²) in [7, 11) is 0. The van der Waals surface area contributed by atoms with Gasteiger partial charge >= 0.3 is 0 Å². The van der Waals surface area contributed by atoms with E-state index in [-0.39, 0.29) is 24.1 Å². The Morgan fingerprint density at radius 2 is 1.90 bits per heavy atom. The minimum absolute atomic E-state index is 0.0866. The fourth-order valence-electron chi connectivity index (χ4n) is 4.50. The molecule has 7 nitrogen and oxygen atoms in total. The number of hydrogen-bond donors (Lipinski definition) is 3. The normalized spacial score (nSPS) is 21.6. The van der Waals surface area contributed by atoms with Gasteiger partial charge in [-0.3, -0.25) is 19.6 Å². The number of aromatic amines is 1.